The zero-order valence-electron chi connectivity index (χ0n) is 31.1. The third kappa shape index (κ3) is 3.99. The standard InChI is InChI=1S/C51H41NO/c1-49(2)39-18-12-10-16-33(39)35-22-20-30(24-41(35)49)31-21-23-47-45(25-31)52(32-14-8-7-9-15-32)46-28-38-37-27-42-36(34-17-11-13-19-40(34)50(42,3)4)26-43(37)51(5,6)44(38)29-48(46)53-47/h7-29H,1-6H3. The van der Waals surface area contributed by atoms with Gasteiger partial charge in [0.2, 0.25) is 0 Å². The maximum Gasteiger partial charge on any atom is 0.151 e. The van der Waals surface area contributed by atoms with Crippen LogP contribution in [0.5, 0.6) is 11.5 Å². The molecule has 0 unspecified atom stereocenters. The predicted octanol–water partition coefficient (Wildman–Crippen LogP) is 13.8. The van der Waals surface area contributed by atoms with E-state index in [1.165, 1.54) is 77.9 Å². The van der Waals surface area contributed by atoms with Crippen LogP contribution in [0, 0.1) is 0 Å². The molecule has 11 rings (SSSR count). The minimum atomic E-state index is -0.178. The minimum absolute atomic E-state index is 0.0587. The van der Waals surface area contributed by atoms with Gasteiger partial charge in [-0.3, -0.25) is 0 Å². The normalized spacial score (nSPS) is 16.7. The monoisotopic (exact) mass is 683 g/mol. The van der Waals surface area contributed by atoms with E-state index in [9.17, 15) is 0 Å². The molecule has 0 aromatic heterocycles. The molecule has 1 aliphatic heterocycles. The molecular formula is C51H41NO. The summed E-state index contributed by atoms with van der Waals surface area (Å²) in [5.41, 5.74) is 21.7. The fourth-order valence-electron chi connectivity index (χ4n) is 10.1. The molecule has 1 heterocycles. The SMILES string of the molecule is CC1(C)c2ccccc2-c2ccc(-c3ccc4c(c3)N(c3ccccc3)c3cc5c(cc3O4)C(C)(C)c3cc4c(cc3-5)C(C)(C)c3ccccc3-4)cc21. The molecule has 0 bridgehead atoms. The number of ether oxygens (including phenoxy) is 1. The van der Waals surface area contributed by atoms with Crippen LogP contribution in [0.2, 0.25) is 0 Å². The second-order valence-electron chi connectivity index (χ2n) is 17.0. The molecule has 53 heavy (non-hydrogen) atoms. The first kappa shape index (κ1) is 30.7. The summed E-state index contributed by atoms with van der Waals surface area (Å²) < 4.78 is 6.90. The van der Waals surface area contributed by atoms with E-state index in [2.05, 4.69) is 186 Å². The summed E-state index contributed by atoms with van der Waals surface area (Å²) >= 11 is 0. The van der Waals surface area contributed by atoms with Gasteiger partial charge in [0.05, 0.1) is 11.4 Å². The molecule has 2 nitrogen and oxygen atoms in total. The highest BCUT2D eigenvalue weighted by molar-refractivity contribution is 5.96. The van der Waals surface area contributed by atoms with E-state index < -0.39 is 0 Å². The Morgan fingerprint density at radius 3 is 1.53 bits per heavy atom. The Hall–Kier alpha value is -5.86. The first-order chi connectivity index (χ1) is 25.5. The lowest BCUT2D eigenvalue weighted by Crippen LogP contribution is -2.18. The highest BCUT2D eigenvalue weighted by Crippen LogP contribution is 2.60. The number of benzene rings is 7. The number of hydrogen-bond donors (Lipinski definition) is 0. The first-order valence-corrected chi connectivity index (χ1v) is 18.9. The summed E-state index contributed by atoms with van der Waals surface area (Å²) in [4.78, 5) is 2.41. The Bertz CT molecular complexity index is 2730. The van der Waals surface area contributed by atoms with Crippen LogP contribution < -0.4 is 9.64 Å². The predicted molar refractivity (Wildman–Crippen MR) is 219 cm³/mol. The third-order valence-corrected chi connectivity index (χ3v) is 13.0. The number of anilines is 3. The number of para-hydroxylation sites is 1. The summed E-state index contributed by atoms with van der Waals surface area (Å²) in [6.07, 6.45) is 0. The van der Waals surface area contributed by atoms with Gasteiger partial charge in [0.15, 0.2) is 11.5 Å². The summed E-state index contributed by atoms with van der Waals surface area (Å²) in [5, 5.41) is 0. The summed E-state index contributed by atoms with van der Waals surface area (Å²) in [5.74, 6) is 1.76. The van der Waals surface area contributed by atoms with E-state index in [1.807, 2.05) is 0 Å². The molecule has 0 amide bonds. The maximum absolute atomic E-state index is 6.90. The van der Waals surface area contributed by atoms with Crippen LogP contribution in [0.1, 0.15) is 74.9 Å². The van der Waals surface area contributed by atoms with Crippen LogP contribution in [-0.2, 0) is 16.2 Å². The van der Waals surface area contributed by atoms with Crippen molar-refractivity contribution in [3.63, 3.8) is 0 Å². The van der Waals surface area contributed by atoms with Crippen LogP contribution in [0.3, 0.4) is 0 Å². The molecule has 0 saturated heterocycles. The maximum atomic E-state index is 6.90. The van der Waals surface area contributed by atoms with E-state index in [4.69, 9.17) is 4.74 Å². The number of hydrogen-bond acceptors (Lipinski definition) is 2. The van der Waals surface area contributed by atoms with Gasteiger partial charge >= 0.3 is 0 Å². The third-order valence-electron chi connectivity index (χ3n) is 13.0. The van der Waals surface area contributed by atoms with Gasteiger partial charge in [-0.1, -0.05) is 126 Å². The Morgan fingerprint density at radius 1 is 0.358 bits per heavy atom. The van der Waals surface area contributed by atoms with Crippen LogP contribution in [0.25, 0.3) is 44.5 Å². The molecular weight excluding hydrogens is 643 g/mol. The smallest absolute Gasteiger partial charge is 0.151 e. The van der Waals surface area contributed by atoms with E-state index in [0.29, 0.717) is 0 Å². The molecule has 0 spiro atoms. The van der Waals surface area contributed by atoms with Gasteiger partial charge in [-0.15, -0.1) is 0 Å². The lowest BCUT2D eigenvalue weighted by Gasteiger charge is -2.34. The molecule has 0 atom stereocenters. The second-order valence-corrected chi connectivity index (χ2v) is 17.0. The van der Waals surface area contributed by atoms with Gasteiger partial charge in [-0.25, -0.2) is 0 Å². The lowest BCUT2D eigenvalue weighted by molar-refractivity contribution is 0.475. The van der Waals surface area contributed by atoms with Crippen molar-refractivity contribution >= 4 is 17.1 Å². The average Bonchev–Trinajstić information content (AvgIpc) is 3.64. The molecule has 0 radical (unpaired) electrons. The number of fused-ring (bicyclic) bond motifs is 11. The molecule has 256 valence electrons. The fourth-order valence-corrected chi connectivity index (χ4v) is 10.1. The van der Waals surface area contributed by atoms with Crippen molar-refractivity contribution in [3.8, 4) is 56.0 Å². The molecule has 3 aliphatic carbocycles. The fraction of sp³-hybridized carbons (Fsp3) is 0.176. The first-order valence-electron chi connectivity index (χ1n) is 18.9. The van der Waals surface area contributed by atoms with Gasteiger partial charge in [0, 0.05) is 21.9 Å². The summed E-state index contributed by atoms with van der Waals surface area (Å²) in [6, 6.07) is 52.0. The lowest BCUT2D eigenvalue weighted by atomic mass is 9.79. The van der Waals surface area contributed by atoms with Gasteiger partial charge in [-0.2, -0.15) is 0 Å². The highest BCUT2D eigenvalue weighted by atomic mass is 16.5. The van der Waals surface area contributed by atoms with Crippen LogP contribution >= 0.6 is 0 Å². The van der Waals surface area contributed by atoms with Crippen molar-refractivity contribution in [3.05, 3.63) is 173 Å². The molecule has 4 aliphatic rings. The Balaban J connectivity index is 1.07. The Kier molecular flexibility index (Phi) is 5.90. The average molecular weight is 684 g/mol. The molecule has 7 aromatic rings. The van der Waals surface area contributed by atoms with E-state index in [1.54, 1.807) is 0 Å². The Morgan fingerprint density at radius 2 is 0.830 bits per heavy atom. The minimum Gasteiger partial charge on any atom is -0.453 e. The van der Waals surface area contributed by atoms with Crippen LogP contribution in [0.15, 0.2) is 140 Å². The van der Waals surface area contributed by atoms with Crippen LogP contribution in [-0.4, -0.2) is 0 Å². The second kappa shape index (κ2) is 10.2. The topological polar surface area (TPSA) is 12.5 Å². The van der Waals surface area contributed by atoms with Crippen molar-refractivity contribution in [2.24, 2.45) is 0 Å². The molecule has 0 fully saturated rings. The quantitative estimate of drug-likeness (QED) is 0.180. The zero-order chi connectivity index (χ0) is 36.0. The van der Waals surface area contributed by atoms with E-state index in [-0.39, 0.29) is 16.2 Å². The molecule has 7 aromatic carbocycles. The summed E-state index contributed by atoms with van der Waals surface area (Å²) in [6.45, 7) is 14.2. The van der Waals surface area contributed by atoms with Crippen molar-refractivity contribution in [2.75, 3.05) is 4.90 Å². The molecule has 2 heteroatoms. The van der Waals surface area contributed by atoms with Gasteiger partial charge in [-0.05, 0) is 132 Å². The molecule has 0 saturated carbocycles. The molecule has 0 N–H and O–H groups in total. The van der Waals surface area contributed by atoms with Crippen molar-refractivity contribution < 1.29 is 4.74 Å². The van der Waals surface area contributed by atoms with E-state index in [0.717, 1.165) is 28.6 Å². The highest BCUT2D eigenvalue weighted by Gasteiger charge is 2.43. The number of rotatable bonds is 2. The van der Waals surface area contributed by atoms with Crippen molar-refractivity contribution in [2.45, 2.75) is 57.8 Å². The van der Waals surface area contributed by atoms with E-state index >= 15 is 0 Å². The largest absolute Gasteiger partial charge is 0.453 e. The van der Waals surface area contributed by atoms with Gasteiger partial charge < -0.3 is 9.64 Å². The van der Waals surface area contributed by atoms with Gasteiger partial charge in [0.25, 0.3) is 0 Å². The van der Waals surface area contributed by atoms with Crippen molar-refractivity contribution in [1.29, 1.82) is 0 Å². The van der Waals surface area contributed by atoms with Gasteiger partial charge in [0.1, 0.15) is 0 Å². The zero-order valence-corrected chi connectivity index (χ0v) is 31.1. The summed E-state index contributed by atoms with van der Waals surface area (Å²) in [7, 11) is 0. The Labute approximate surface area is 312 Å². The number of nitrogens with zero attached hydrogens (tertiary/aromatic N) is 1. The van der Waals surface area contributed by atoms with Crippen LogP contribution in [0.4, 0.5) is 17.1 Å². The van der Waals surface area contributed by atoms with Crippen molar-refractivity contribution in [1.82, 2.24) is 0 Å².